The first-order valence-electron chi connectivity index (χ1n) is 9.01. The molecule has 3 N–H and O–H groups in total. The van der Waals surface area contributed by atoms with Crippen molar-refractivity contribution in [3.05, 3.63) is 60.2 Å². The summed E-state index contributed by atoms with van der Waals surface area (Å²) in [5, 5.41) is 21.5. The largest absolute Gasteiger partial charge is 0.491 e. The Morgan fingerprint density at radius 1 is 1.36 bits per heavy atom. The van der Waals surface area contributed by atoms with Crippen LogP contribution in [0, 0.1) is 5.82 Å². The highest BCUT2D eigenvalue weighted by Gasteiger charge is 2.32. The van der Waals surface area contributed by atoms with E-state index in [0.29, 0.717) is 41.6 Å². The topological polar surface area (TPSA) is 83.7 Å². The average Bonchev–Trinajstić information content (AvgIpc) is 3.06. The number of nitrogens with one attached hydrogen (secondary N) is 2. The number of rotatable bonds is 1. The van der Waals surface area contributed by atoms with Crippen LogP contribution in [0.15, 0.2) is 43.2 Å². The fourth-order valence-electron chi connectivity index (χ4n) is 3.28. The van der Waals surface area contributed by atoms with Gasteiger partial charge in [-0.2, -0.15) is 5.10 Å². The molecule has 0 aliphatic carbocycles. The molecule has 1 aliphatic rings. The van der Waals surface area contributed by atoms with E-state index in [1.165, 1.54) is 12.1 Å². The number of hydrogen-bond acceptors (Lipinski definition) is 6. The molecule has 0 amide bonds. The molecule has 2 bridgehead atoms. The highest BCUT2D eigenvalue weighted by Crippen LogP contribution is 2.36. The van der Waals surface area contributed by atoms with E-state index in [1.54, 1.807) is 42.9 Å². The summed E-state index contributed by atoms with van der Waals surface area (Å²) in [5.74, 6) is 0.608. The molecular weight excluding hydrogens is 361 g/mol. The van der Waals surface area contributed by atoms with Crippen LogP contribution >= 0.6 is 0 Å². The van der Waals surface area contributed by atoms with Crippen LogP contribution < -0.4 is 15.4 Å². The van der Waals surface area contributed by atoms with Gasteiger partial charge >= 0.3 is 0 Å². The fraction of sp³-hybridized carbons (Fsp3) is 0.300. The third-order valence-corrected chi connectivity index (χ3v) is 4.67. The number of benzene rings is 1. The molecule has 0 spiro atoms. The number of halogens is 1. The molecule has 2 aromatic heterocycles. The Kier molecular flexibility index (Phi) is 4.43. The van der Waals surface area contributed by atoms with Gasteiger partial charge in [-0.15, -0.1) is 0 Å². The van der Waals surface area contributed by atoms with E-state index in [1.807, 2.05) is 0 Å². The lowest BCUT2D eigenvalue weighted by atomic mass is 9.91. The molecule has 3 heterocycles. The maximum absolute atomic E-state index is 14.0. The lowest BCUT2D eigenvalue weighted by Crippen LogP contribution is -2.35. The molecule has 0 radical (unpaired) electrons. The maximum atomic E-state index is 14.0. The first-order chi connectivity index (χ1) is 13.3. The Balaban J connectivity index is 1.87. The summed E-state index contributed by atoms with van der Waals surface area (Å²) in [4.78, 5) is 4.63. The Morgan fingerprint density at radius 3 is 2.96 bits per heavy atom. The zero-order valence-corrected chi connectivity index (χ0v) is 15.7. The van der Waals surface area contributed by atoms with Gasteiger partial charge in [-0.3, -0.25) is 0 Å². The number of hydrogen-bond donors (Lipinski definition) is 3. The van der Waals surface area contributed by atoms with Crippen LogP contribution in [0.2, 0.25) is 0 Å². The highest BCUT2D eigenvalue weighted by molar-refractivity contribution is 5.73. The normalized spacial score (nSPS) is 17.6. The molecule has 3 aromatic rings. The van der Waals surface area contributed by atoms with Gasteiger partial charge in [0.15, 0.2) is 5.65 Å². The maximum Gasteiger partial charge on any atom is 0.166 e. The van der Waals surface area contributed by atoms with Crippen molar-refractivity contribution in [1.29, 1.82) is 0 Å². The van der Waals surface area contributed by atoms with Crippen LogP contribution in [0.25, 0.3) is 11.3 Å². The zero-order valence-electron chi connectivity index (χ0n) is 15.7. The summed E-state index contributed by atoms with van der Waals surface area (Å²) < 4.78 is 21.6. The Labute approximate surface area is 161 Å². The molecule has 146 valence electrons. The van der Waals surface area contributed by atoms with Crippen molar-refractivity contribution >= 4 is 17.2 Å². The van der Waals surface area contributed by atoms with Gasteiger partial charge in [-0.25, -0.2) is 13.9 Å². The van der Waals surface area contributed by atoms with Gasteiger partial charge in [0.25, 0.3) is 0 Å². The lowest BCUT2D eigenvalue weighted by Gasteiger charge is -2.32. The predicted octanol–water partition coefficient (Wildman–Crippen LogP) is 2.75. The number of nitrogens with zero attached hydrogens (tertiary/aromatic N) is 3. The third kappa shape index (κ3) is 3.38. The first-order valence-corrected chi connectivity index (χ1v) is 9.01. The second kappa shape index (κ2) is 6.79. The van der Waals surface area contributed by atoms with E-state index < -0.39 is 17.5 Å². The van der Waals surface area contributed by atoms with E-state index in [2.05, 4.69) is 27.3 Å². The molecule has 0 saturated heterocycles. The minimum atomic E-state index is -1.22. The molecule has 7 nitrogen and oxygen atoms in total. The van der Waals surface area contributed by atoms with Gasteiger partial charge in [0.05, 0.1) is 23.4 Å². The van der Waals surface area contributed by atoms with E-state index in [-0.39, 0.29) is 0 Å². The first kappa shape index (κ1) is 18.2. The van der Waals surface area contributed by atoms with Crippen molar-refractivity contribution in [3.63, 3.8) is 0 Å². The van der Waals surface area contributed by atoms with Crippen LogP contribution in [0.1, 0.15) is 31.0 Å². The molecule has 0 unspecified atom stereocenters. The number of ether oxygens (including phenoxy) is 1. The van der Waals surface area contributed by atoms with Gasteiger partial charge in [0.1, 0.15) is 24.0 Å². The Bertz CT molecular complexity index is 1040. The molecular formula is C20H22FN5O2. The smallest absolute Gasteiger partial charge is 0.166 e. The second-order valence-electron chi connectivity index (χ2n) is 7.31. The standard InChI is InChI=1S/C20H22FN5O2/c1-12-15-11-23-26-8-6-17(25-19(15)26)24-18(20(2,3)27)14-10-13(21)4-5-16(14)28-9-7-22-12/h4-6,8,10-11,18,22,27H,1,7,9H2,2-3H3,(H,24,25)/t18-/m0/s1. The van der Waals surface area contributed by atoms with Crippen molar-refractivity contribution in [2.75, 3.05) is 18.5 Å². The number of fused-ring (bicyclic) bond motifs is 2. The summed E-state index contributed by atoms with van der Waals surface area (Å²) in [6.45, 7) is 8.20. The monoisotopic (exact) mass is 383 g/mol. The summed E-state index contributed by atoms with van der Waals surface area (Å²) in [6, 6.07) is 5.38. The van der Waals surface area contributed by atoms with E-state index >= 15 is 0 Å². The van der Waals surface area contributed by atoms with Crippen LogP contribution in [-0.4, -0.2) is 38.5 Å². The molecule has 0 saturated carbocycles. The zero-order chi connectivity index (χ0) is 19.9. The molecule has 28 heavy (non-hydrogen) atoms. The van der Waals surface area contributed by atoms with E-state index in [9.17, 15) is 9.50 Å². The average molecular weight is 383 g/mol. The summed E-state index contributed by atoms with van der Waals surface area (Å²) in [7, 11) is 0. The Morgan fingerprint density at radius 2 is 2.18 bits per heavy atom. The summed E-state index contributed by atoms with van der Waals surface area (Å²) >= 11 is 0. The molecule has 1 aromatic carbocycles. The van der Waals surface area contributed by atoms with Crippen molar-refractivity contribution in [3.8, 4) is 5.75 Å². The van der Waals surface area contributed by atoms with Crippen molar-refractivity contribution < 1.29 is 14.2 Å². The van der Waals surface area contributed by atoms with E-state index in [4.69, 9.17) is 4.74 Å². The van der Waals surface area contributed by atoms with Gasteiger partial charge in [0, 0.05) is 24.0 Å². The summed E-state index contributed by atoms with van der Waals surface area (Å²) in [6.07, 6.45) is 3.46. The lowest BCUT2D eigenvalue weighted by molar-refractivity contribution is 0.0576. The minimum Gasteiger partial charge on any atom is -0.491 e. The van der Waals surface area contributed by atoms with Crippen molar-refractivity contribution in [2.45, 2.75) is 25.5 Å². The van der Waals surface area contributed by atoms with Crippen LogP contribution in [-0.2, 0) is 0 Å². The predicted molar refractivity (Wildman–Crippen MR) is 105 cm³/mol. The number of anilines is 1. The number of aromatic nitrogens is 3. The van der Waals surface area contributed by atoms with Gasteiger partial charge < -0.3 is 20.5 Å². The second-order valence-corrected chi connectivity index (χ2v) is 7.31. The van der Waals surface area contributed by atoms with Crippen LogP contribution in [0.5, 0.6) is 5.75 Å². The van der Waals surface area contributed by atoms with Crippen molar-refractivity contribution in [1.82, 2.24) is 19.9 Å². The van der Waals surface area contributed by atoms with Gasteiger partial charge in [-0.05, 0) is 38.1 Å². The Hall–Kier alpha value is -3.13. The minimum absolute atomic E-state index is 0.339. The molecule has 8 heteroatoms. The molecule has 4 rings (SSSR count). The van der Waals surface area contributed by atoms with Crippen LogP contribution in [0.4, 0.5) is 10.2 Å². The quantitative estimate of drug-likeness (QED) is 0.599. The van der Waals surface area contributed by atoms with Crippen LogP contribution in [0.3, 0.4) is 0 Å². The molecule has 0 fully saturated rings. The molecule has 1 aliphatic heterocycles. The summed E-state index contributed by atoms with van der Waals surface area (Å²) in [5.41, 5.74) is 1.37. The number of aliphatic hydroxyl groups is 1. The van der Waals surface area contributed by atoms with Gasteiger partial charge in [-0.1, -0.05) is 6.58 Å². The van der Waals surface area contributed by atoms with Gasteiger partial charge in [0.2, 0.25) is 0 Å². The third-order valence-electron chi connectivity index (χ3n) is 4.67. The fourth-order valence-corrected chi connectivity index (χ4v) is 3.28. The van der Waals surface area contributed by atoms with Crippen molar-refractivity contribution in [2.24, 2.45) is 0 Å². The molecule has 1 atom stereocenters. The SMILES string of the molecule is C=C1NCCOc2ccc(F)cc2[C@@H](C(C)(C)O)Nc2ccn3ncc1c3n2. The van der Waals surface area contributed by atoms with E-state index in [0.717, 1.165) is 5.56 Å². The highest BCUT2D eigenvalue weighted by atomic mass is 19.1.